The SMILES string of the molecule is Cc1ccc(C)c(OCC(=O)N2CCN(C(=O)OCc3ccccc3)CC2)c1C. The van der Waals surface area contributed by atoms with E-state index in [0.29, 0.717) is 26.2 Å². The molecule has 0 aliphatic carbocycles. The summed E-state index contributed by atoms with van der Waals surface area (Å²) in [5.41, 5.74) is 4.17. The molecule has 1 heterocycles. The van der Waals surface area contributed by atoms with Crippen molar-refractivity contribution in [2.75, 3.05) is 32.8 Å². The van der Waals surface area contributed by atoms with Crippen LogP contribution in [-0.2, 0) is 16.1 Å². The van der Waals surface area contributed by atoms with Crippen LogP contribution in [0.2, 0.25) is 0 Å². The maximum Gasteiger partial charge on any atom is 0.410 e. The van der Waals surface area contributed by atoms with E-state index in [1.165, 1.54) is 0 Å². The molecule has 0 spiro atoms. The monoisotopic (exact) mass is 396 g/mol. The van der Waals surface area contributed by atoms with Crippen LogP contribution in [0.3, 0.4) is 0 Å². The number of nitrogens with zero attached hydrogens (tertiary/aromatic N) is 2. The molecule has 2 aromatic rings. The van der Waals surface area contributed by atoms with Crippen molar-refractivity contribution in [1.29, 1.82) is 0 Å². The van der Waals surface area contributed by atoms with Gasteiger partial charge in [-0.25, -0.2) is 4.79 Å². The predicted molar refractivity (Wildman–Crippen MR) is 111 cm³/mol. The molecular weight excluding hydrogens is 368 g/mol. The van der Waals surface area contributed by atoms with Gasteiger partial charge in [-0.2, -0.15) is 0 Å². The third-order valence-electron chi connectivity index (χ3n) is 5.31. The Morgan fingerprint density at radius 2 is 1.48 bits per heavy atom. The Hall–Kier alpha value is -3.02. The first-order valence-electron chi connectivity index (χ1n) is 9.88. The summed E-state index contributed by atoms with van der Waals surface area (Å²) in [5, 5.41) is 0. The largest absolute Gasteiger partial charge is 0.483 e. The fourth-order valence-electron chi connectivity index (χ4n) is 3.32. The zero-order valence-corrected chi connectivity index (χ0v) is 17.3. The predicted octanol–water partition coefficient (Wildman–Crippen LogP) is 3.47. The highest BCUT2D eigenvalue weighted by molar-refractivity contribution is 5.78. The Bertz CT molecular complexity index is 859. The van der Waals surface area contributed by atoms with Gasteiger partial charge >= 0.3 is 6.09 Å². The van der Waals surface area contributed by atoms with Gasteiger partial charge in [-0.1, -0.05) is 42.5 Å². The molecule has 0 unspecified atom stereocenters. The van der Waals surface area contributed by atoms with Crippen LogP contribution in [-0.4, -0.2) is 54.6 Å². The third-order valence-corrected chi connectivity index (χ3v) is 5.31. The van der Waals surface area contributed by atoms with Gasteiger partial charge in [0.25, 0.3) is 5.91 Å². The quantitative estimate of drug-likeness (QED) is 0.777. The van der Waals surface area contributed by atoms with Crippen LogP contribution in [0.5, 0.6) is 5.75 Å². The molecule has 0 radical (unpaired) electrons. The lowest BCUT2D eigenvalue weighted by Crippen LogP contribution is -2.51. The molecule has 0 bridgehead atoms. The van der Waals surface area contributed by atoms with Gasteiger partial charge in [0.1, 0.15) is 12.4 Å². The van der Waals surface area contributed by atoms with E-state index in [0.717, 1.165) is 28.0 Å². The van der Waals surface area contributed by atoms with E-state index >= 15 is 0 Å². The average Bonchev–Trinajstić information content (AvgIpc) is 2.75. The number of amides is 2. The van der Waals surface area contributed by atoms with Crippen LogP contribution < -0.4 is 4.74 Å². The van der Waals surface area contributed by atoms with E-state index in [2.05, 4.69) is 6.07 Å². The Morgan fingerprint density at radius 1 is 0.862 bits per heavy atom. The summed E-state index contributed by atoms with van der Waals surface area (Å²) < 4.78 is 11.2. The Morgan fingerprint density at radius 3 is 2.17 bits per heavy atom. The molecule has 1 aliphatic rings. The molecule has 154 valence electrons. The first kappa shape index (κ1) is 20.7. The van der Waals surface area contributed by atoms with E-state index in [1.54, 1.807) is 9.80 Å². The van der Waals surface area contributed by atoms with Gasteiger partial charge in [0, 0.05) is 26.2 Å². The number of carbonyl (C=O) groups excluding carboxylic acids is 2. The fourth-order valence-corrected chi connectivity index (χ4v) is 3.32. The molecule has 0 N–H and O–H groups in total. The van der Waals surface area contributed by atoms with E-state index in [-0.39, 0.29) is 25.2 Å². The molecule has 3 rings (SSSR count). The lowest BCUT2D eigenvalue weighted by Gasteiger charge is -2.34. The molecule has 1 fully saturated rings. The van der Waals surface area contributed by atoms with Gasteiger partial charge in [-0.05, 0) is 43.0 Å². The lowest BCUT2D eigenvalue weighted by molar-refractivity contribution is -0.135. The van der Waals surface area contributed by atoms with E-state index < -0.39 is 0 Å². The van der Waals surface area contributed by atoms with Gasteiger partial charge in [0.2, 0.25) is 0 Å². The Labute approximate surface area is 172 Å². The first-order valence-corrected chi connectivity index (χ1v) is 9.88. The van der Waals surface area contributed by atoms with Gasteiger partial charge < -0.3 is 19.3 Å². The van der Waals surface area contributed by atoms with Crippen molar-refractivity contribution in [2.45, 2.75) is 27.4 Å². The maximum absolute atomic E-state index is 12.5. The zero-order valence-electron chi connectivity index (χ0n) is 17.3. The van der Waals surface area contributed by atoms with Gasteiger partial charge in [-0.3, -0.25) is 4.79 Å². The smallest absolute Gasteiger partial charge is 0.410 e. The zero-order chi connectivity index (χ0) is 20.8. The van der Waals surface area contributed by atoms with Crippen LogP contribution in [0.25, 0.3) is 0 Å². The van der Waals surface area contributed by atoms with E-state index in [4.69, 9.17) is 9.47 Å². The molecule has 29 heavy (non-hydrogen) atoms. The standard InChI is InChI=1S/C23H28N2O4/c1-17-9-10-18(2)22(19(17)3)28-16-21(26)24-11-13-25(14-12-24)23(27)29-15-20-7-5-4-6-8-20/h4-10H,11-16H2,1-3H3. The number of ether oxygens (including phenoxy) is 2. The van der Waals surface area contributed by atoms with E-state index in [9.17, 15) is 9.59 Å². The molecule has 1 saturated heterocycles. The van der Waals surface area contributed by atoms with Gasteiger partial charge in [0.15, 0.2) is 6.61 Å². The summed E-state index contributed by atoms with van der Waals surface area (Å²) in [6, 6.07) is 13.6. The minimum Gasteiger partial charge on any atom is -0.483 e. The van der Waals surface area contributed by atoms with Crippen LogP contribution in [0.4, 0.5) is 4.79 Å². The first-order chi connectivity index (χ1) is 14.0. The van der Waals surface area contributed by atoms with Crippen LogP contribution in [0, 0.1) is 20.8 Å². The Balaban J connectivity index is 1.45. The fraction of sp³-hybridized carbons (Fsp3) is 0.391. The molecular formula is C23H28N2O4. The summed E-state index contributed by atoms with van der Waals surface area (Å²) in [6.45, 7) is 8.14. The minimum absolute atomic E-state index is 0.00356. The van der Waals surface area contributed by atoms with Crippen LogP contribution in [0.15, 0.2) is 42.5 Å². The van der Waals surface area contributed by atoms with Crippen molar-refractivity contribution >= 4 is 12.0 Å². The second-order valence-electron chi connectivity index (χ2n) is 7.35. The van der Waals surface area contributed by atoms with Crippen molar-refractivity contribution in [2.24, 2.45) is 0 Å². The highest BCUT2D eigenvalue weighted by atomic mass is 16.6. The molecule has 0 saturated carbocycles. The van der Waals surface area contributed by atoms with Crippen LogP contribution >= 0.6 is 0 Å². The molecule has 1 aliphatic heterocycles. The van der Waals surface area contributed by atoms with Gasteiger partial charge in [0.05, 0.1) is 0 Å². The summed E-state index contributed by atoms with van der Waals surface area (Å²) in [4.78, 5) is 28.2. The van der Waals surface area contributed by atoms with E-state index in [1.807, 2.05) is 57.2 Å². The highest BCUT2D eigenvalue weighted by Crippen LogP contribution is 2.25. The summed E-state index contributed by atoms with van der Waals surface area (Å²) in [5.74, 6) is 0.712. The number of aryl methyl sites for hydroxylation is 2. The number of benzene rings is 2. The van der Waals surface area contributed by atoms with Crippen molar-refractivity contribution in [1.82, 2.24) is 9.80 Å². The molecule has 2 aromatic carbocycles. The minimum atomic E-state index is -0.344. The van der Waals surface area contributed by atoms with Crippen molar-refractivity contribution in [3.63, 3.8) is 0 Å². The maximum atomic E-state index is 12.5. The number of hydrogen-bond donors (Lipinski definition) is 0. The second-order valence-corrected chi connectivity index (χ2v) is 7.35. The summed E-state index contributed by atoms with van der Waals surface area (Å²) in [6.07, 6.45) is -0.344. The highest BCUT2D eigenvalue weighted by Gasteiger charge is 2.25. The normalized spacial score (nSPS) is 13.9. The van der Waals surface area contributed by atoms with Crippen molar-refractivity contribution < 1.29 is 19.1 Å². The number of rotatable bonds is 5. The average molecular weight is 396 g/mol. The lowest BCUT2D eigenvalue weighted by atomic mass is 10.1. The number of piperazine rings is 1. The molecule has 6 heteroatoms. The second kappa shape index (κ2) is 9.45. The van der Waals surface area contributed by atoms with Crippen molar-refractivity contribution in [3.8, 4) is 5.75 Å². The number of hydrogen-bond acceptors (Lipinski definition) is 4. The van der Waals surface area contributed by atoms with Crippen LogP contribution in [0.1, 0.15) is 22.3 Å². The molecule has 0 aromatic heterocycles. The molecule has 2 amide bonds. The topological polar surface area (TPSA) is 59.1 Å². The molecule has 6 nitrogen and oxygen atoms in total. The Kier molecular flexibility index (Phi) is 6.75. The summed E-state index contributed by atoms with van der Waals surface area (Å²) in [7, 11) is 0. The summed E-state index contributed by atoms with van der Waals surface area (Å²) >= 11 is 0. The van der Waals surface area contributed by atoms with Crippen molar-refractivity contribution in [3.05, 3.63) is 64.7 Å². The van der Waals surface area contributed by atoms with Gasteiger partial charge in [-0.15, -0.1) is 0 Å². The third kappa shape index (κ3) is 5.28. The number of carbonyl (C=O) groups is 2. The molecule has 0 atom stereocenters.